The largest absolute Gasteiger partial charge is 0.507 e. The summed E-state index contributed by atoms with van der Waals surface area (Å²) < 4.78 is 11.0. The SMILES string of the molecule is CC=CCCCCC=CCCCCC(=O)[C@@]1(O)[C@@H](O)[C@@]2(CCCCCCC=Cc3cc(C)c(O)c(C)c3)O[C@H](C(=O)O)[C@@](O)(C(=O)O)[C@]1(C(=O)O)O2. The van der Waals surface area contributed by atoms with Crippen LogP contribution in [-0.4, -0.2) is 94.2 Å². The number of rotatable bonds is 22. The van der Waals surface area contributed by atoms with E-state index in [1.54, 1.807) is 0 Å². The summed E-state index contributed by atoms with van der Waals surface area (Å²) in [7, 11) is 0. The lowest BCUT2D eigenvalue weighted by molar-refractivity contribution is -0.375. The second-order valence-electron chi connectivity index (χ2n) is 13.8. The smallest absolute Gasteiger partial charge is 0.343 e. The first kappa shape index (κ1) is 42.5. The number of unbranched alkanes of at least 4 members (excludes halogenated alkanes) is 9. The van der Waals surface area contributed by atoms with Crippen LogP contribution >= 0.6 is 0 Å². The molecule has 0 aliphatic carbocycles. The van der Waals surface area contributed by atoms with Crippen molar-refractivity contribution in [3.05, 3.63) is 59.2 Å². The molecule has 2 saturated heterocycles. The van der Waals surface area contributed by atoms with Gasteiger partial charge in [0.05, 0.1) is 0 Å². The Bertz CT molecular complexity index is 1510. The third-order valence-corrected chi connectivity index (χ3v) is 10.1. The number of carbonyl (C=O) groups excluding carboxylic acids is 1. The van der Waals surface area contributed by atoms with Crippen molar-refractivity contribution in [1.29, 1.82) is 0 Å². The van der Waals surface area contributed by atoms with E-state index in [2.05, 4.69) is 6.08 Å². The Labute approximate surface area is 304 Å². The van der Waals surface area contributed by atoms with Gasteiger partial charge in [-0.2, -0.15) is 0 Å². The van der Waals surface area contributed by atoms with Gasteiger partial charge in [0.25, 0.3) is 0 Å². The Morgan fingerprint density at radius 3 is 1.85 bits per heavy atom. The number of fused-ring (bicyclic) bond motifs is 2. The summed E-state index contributed by atoms with van der Waals surface area (Å²) in [5.41, 5.74) is -8.98. The zero-order chi connectivity index (χ0) is 38.7. The van der Waals surface area contributed by atoms with Crippen LogP contribution in [0.4, 0.5) is 0 Å². The quantitative estimate of drug-likeness (QED) is 0.0607. The molecule has 0 radical (unpaired) electrons. The maximum absolute atomic E-state index is 13.7. The molecule has 13 nitrogen and oxygen atoms in total. The van der Waals surface area contributed by atoms with Crippen LogP contribution in [0.3, 0.4) is 0 Å². The number of Topliss-reactive ketones (excluding diaryl/α,β-unsaturated/α-hetero) is 1. The molecule has 7 N–H and O–H groups in total. The number of aromatic hydroxyl groups is 1. The zero-order valence-corrected chi connectivity index (χ0v) is 30.3. The van der Waals surface area contributed by atoms with E-state index in [9.17, 15) is 54.9 Å². The molecule has 288 valence electrons. The van der Waals surface area contributed by atoms with Gasteiger partial charge in [0.2, 0.25) is 23.1 Å². The highest BCUT2D eigenvalue weighted by atomic mass is 16.8. The molecule has 0 aromatic heterocycles. The number of hydrogen-bond acceptors (Lipinski definition) is 10. The summed E-state index contributed by atoms with van der Waals surface area (Å²) >= 11 is 0. The number of carboxylic acids is 3. The first-order valence-electron chi connectivity index (χ1n) is 18.0. The van der Waals surface area contributed by atoms with Gasteiger partial charge < -0.3 is 45.2 Å². The fraction of sp³-hybridized carbons (Fsp3) is 0.590. The first-order chi connectivity index (χ1) is 24.6. The van der Waals surface area contributed by atoms with E-state index in [4.69, 9.17) is 9.47 Å². The van der Waals surface area contributed by atoms with E-state index in [1.807, 2.05) is 63.3 Å². The Morgan fingerprint density at radius 2 is 1.29 bits per heavy atom. The van der Waals surface area contributed by atoms with Gasteiger partial charge in [-0.05, 0) is 114 Å². The van der Waals surface area contributed by atoms with Crippen LogP contribution in [0.15, 0.2) is 42.5 Å². The summed E-state index contributed by atoms with van der Waals surface area (Å²) in [5, 5.41) is 75.3. The Balaban J connectivity index is 1.73. The fourth-order valence-corrected chi connectivity index (χ4v) is 7.24. The summed E-state index contributed by atoms with van der Waals surface area (Å²) in [5.74, 6) is -10.6. The first-order valence-corrected chi connectivity index (χ1v) is 18.0. The van der Waals surface area contributed by atoms with Crippen molar-refractivity contribution in [2.75, 3.05) is 0 Å². The number of aliphatic hydroxyl groups is 3. The average molecular weight is 731 g/mol. The molecule has 2 aliphatic heterocycles. The van der Waals surface area contributed by atoms with Crippen LogP contribution in [-0.2, 0) is 28.7 Å². The third-order valence-electron chi connectivity index (χ3n) is 10.1. The summed E-state index contributed by atoms with van der Waals surface area (Å²) in [4.78, 5) is 51.6. The lowest BCUT2D eigenvalue weighted by Gasteiger charge is -2.49. The van der Waals surface area contributed by atoms with Gasteiger partial charge in [0.1, 0.15) is 11.9 Å². The second-order valence-corrected chi connectivity index (χ2v) is 13.8. The average Bonchev–Trinajstić information content (AvgIpc) is 3.27. The Kier molecular flexibility index (Phi) is 14.9. The molecule has 3 rings (SSSR count). The lowest BCUT2D eigenvalue weighted by Crippen LogP contribution is -2.81. The summed E-state index contributed by atoms with van der Waals surface area (Å²) in [6.45, 7) is 5.59. The predicted octanol–water partition coefficient (Wildman–Crippen LogP) is 5.13. The van der Waals surface area contributed by atoms with Gasteiger partial charge >= 0.3 is 17.9 Å². The van der Waals surface area contributed by atoms with E-state index >= 15 is 0 Å². The molecule has 6 atom stereocenters. The monoisotopic (exact) mass is 730 g/mol. The van der Waals surface area contributed by atoms with Gasteiger partial charge in [-0.1, -0.05) is 49.3 Å². The van der Waals surface area contributed by atoms with Crippen LogP contribution in [0.25, 0.3) is 6.08 Å². The highest BCUT2D eigenvalue weighted by Crippen LogP contribution is 2.59. The number of ketones is 1. The van der Waals surface area contributed by atoms with Crippen LogP contribution < -0.4 is 0 Å². The van der Waals surface area contributed by atoms with E-state index in [0.717, 1.165) is 42.4 Å². The maximum Gasteiger partial charge on any atom is 0.343 e. The second kappa shape index (κ2) is 18.2. The van der Waals surface area contributed by atoms with Gasteiger partial charge in [-0.15, -0.1) is 0 Å². The molecule has 1 aromatic rings. The molecule has 1 aromatic carbocycles. The normalized spacial score (nSPS) is 28.7. The molecule has 13 heteroatoms. The molecular formula is C39H54O13. The number of ether oxygens (including phenoxy) is 2. The minimum absolute atomic E-state index is 0.108. The minimum atomic E-state index is -4.02. The van der Waals surface area contributed by atoms with Crippen molar-refractivity contribution >= 4 is 29.8 Å². The minimum Gasteiger partial charge on any atom is -0.507 e. The molecule has 2 heterocycles. The number of carboxylic acid groups (broad SMARTS) is 3. The van der Waals surface area contributed by atoms with Crippen LogP contribution in [0.5, 0.6) is 5.75 Å². The molecular weight excluding hydrogens is 676 g/mol. The molecule has 0 spiro atoms. The van der Waals surface area contributed by atoms with Crippen LogP contribution in [0.1, 0.15) is 114 Å². The topological polar surface area (TPSA) is 228 Å². The van der Waals surface area contributed by atoms with Gasteiger partial charge in [-0.3, -0.25) is 4.79 Å². The molecule has 52 heavy (non-hydrogen) atoms. The van der Waals surface area contributed by atoms with Gasteiger partial charge in [0.15, 0.2) is 11.4 Å². The number of phenolic OH excluding ortho intramolecular Hbond substituents is 1. The van der Waals surface area contributed by atoms with E-state index in [1.165, 1.54) is 0 Å². The predicted molar refractivity (Wildman–Crippen MR) is 190 cm³/mol. The number of carbonyl (C=O) groups is 4. The van der Waals surface area contributed by atoms with Crippen molar-refractivity contribution in [1.82, 2.24) is 0 Å². The fourth-order valence-electron chi connectivity index (χ4n) is 7.24. The number of aliphatic hydroxyl groups excluding tert-OH is 1. The van der Waals surface area contributed by atoms with Crippen molar-refractivity contribution in [3.8, 4) is 5.75 Å². The van der Waals surface area contributed by atoms with Gasteiger partial charge in [-0.25, -0.2) is 14.4 Å². The number of aliphatic carboxylic acids is 3. The van der Waals surface area contributed by atoms with Crippen molar-refractivity contribution < 1.29 is 64.4 Å². The number of hydrogen-bond donors (Lipinski definition) is 7. The highest BCUT2D eigenvalue weighted by Gasteiger charge is 2.91. The molecule has 0 amide bonds. The van der Waals surface area contributed by atoms with Crippen molar-refractivity contribution in [2.24, 2.45) is 0 Å². The molecule has 0 unspecified atom stereocenters. The number of aryl methyl sites for hydroxylation is 2. The van der Waals surface area contributed by atoms with Crippen LogP contribution in [0.2, 0.25) is 0 Å². The van der Waals surface area contributed by atoms with E-state index in [-0.39, 0.29) is 18.6 Å². The number of allylic oxidation sites excluding steroid dienone is 5. The van der Waals surface area contributed by atoms with E-state index < -0.39 is 71.3 Å². The summed E-state index contributed by atoms with van der Waals surface area (Å²) in [6, 6.07) is 3.73. The highest BCUT2D eigenvalue weighted by molar-refractivity contribution is 6.05. The Morgan fingerprint density at radius 1 is 0.750 bits per heavy atom. The standard InChI is InChI=1S/C39H54O13/c1-4-5-6-7-8-9-10-11-12-16-19-22-29(40)37(49)33(44)36(51-31(32(42)43)38(50,34(45)46)39(37,52-36)35(47)48)23-20-17-14-13-15-18-21-28-24-26(2)30(41)27(3)25-28/h4-5,10-11,18,21,24-25,31,33,41,44,49-50H,6-9,12-17,19-20,22-23H2,1-3H3,(H,42,43)(H,45,46)(H,47,48)/t31-,33+,36+,37-,38-,39-/m1/s1. The Hall–Kier alpha value is -3.88. The molecule has 2 fully saturated rings. The van der Waals surface area contributed by atoms with Crippen LogP contribution in [0, 0.1) is 13.8 Å². The van der Waals surface area contributed by atoms with Crippen molar-refractivity contribution in [3.63, 3.8) is 0 Å². The zero-order valence-electron chi connectivity index (χ0n) is 30.3. The summed E-state index contributed by atoms with van der Waals surface area (Å²) in [6.07, 6.45) is 13.3. The molecule has 0 saturated carbocycles. The third kappa shape index (κ3) is 8.34. The van der Waals surface area contributed by atoms with Crippen molar-refractivity contribution in [2.45, 2.75) is 145 Å². The molecule has 2 bridgehead atoms. The van der Waals surface area contributed by atoms with Gasteiger partial charge in [0, 0.05) is 12.8 Å². The number of phenols is 1. The molecule has 2 aliphatic rings. The maximum atomic E-state index is 13.7. The van der Waals surface area contributed by atoms with E-state index in [0.29, 0.717) is 38.5 Å². The number of benzene rings is 1. The lowest BCUT2D eigenvalue weighted by atomic mass is 9.65.